The molecular weight excluding hydrogens is 306 g/mol. The molecule has 0 radical (unpaired) electrons. The van der Waals surface area contributed by atoms with Crippen LogP contribution in [0.3, 0.4) is 0 Å². The zero-order valence-electron chi connectivity index (χ0n) is 12.4. The average molecular weight is 323 g/mol. The summed E-state index contributed by atoms with van der Waals surface area (Å²) in [4.78, 5) is 0.0503. The maximum Gasteiger partial charge on any atom is 0.267 e. The molecule has 2 aromatic heterocycles. The van der Waals surface area contributed by atoms with Crippen LogP contribution in [0.25, 0.3) is 0 Å². The molecule has 118 valence electrons. The van der Waals surface area contributed by atoms with Gasteiger partial charge in [0.1, 0.15) is 5.69 Å². The summed E-state index contributed by atoms with van der Waals surface area (Å²) in [5.74, 6) is 0.244. The molecule has 0 unspecified atom stereocenters. The molecule has 0 spiro atoms. The van der Waals surface area contributed by atoms with Gasteiger partial charge in [-0.2, -0.15) is 10.4 Å². The molecule has 0 saturated heterocycles. The van der Waals surface area contributed by atoms with E-state index in [0.717, 1.165) is 12.8 Å². The molecule has 0 saturated carbocycles. The SMILES string of the molecule is Cc1noc(C)c1S(=O)(=O)Nc1cnn(CCCCC#N)c1. The number of nitrogens with zero attached hydrogens (tertiary/aromatic N) is 4. The number of nitrogens with one attached hydrogen (secondary N) is 1. The van der Waals surface area contributed by atoms with Crippen molar-refractivity contribution >= 4 is 15.7 Å². The van der Waals surface area contributed by atoms with Crippen LogP contribution in [0.5, 0.6) is 0 Å². The molecule has 0 amide bonds. The molecule has 0 aliphatic carbocycles. The van der Waals surface area contributed by atoms with E-state index < -0.39 is 10.0 Å². The Labute approximate surface area is 128 Å². The Hall–Kier alpha value is -2.34. The second kappa shape index (κ2) is 6.62. The molecule has 2 aromatic rings. The first-order valence-corrected chi connectivity index (χ1v) is 8.27. The number of unbranched alkanes of at least 4 members (excludes halogenated alkanes) is 2. The molecule has 8 nitrogen and oxygen atoms in total. The van der Waals surface area contributed by atoms with Crippen LogP contribution in [0.4, 0.5) is 5.69 Å². The van der Waals surface area contributed by atoms with Crippen LogP contribution in [0.15, 0.2) is 21.8 Å². The van der Waals surface area contributed by atoms with Crippen LogP contribution in [-0.2, 0) is 16.6 Å². The first-order chi connectivity index (χ1) is 10.4. The highest BCUT2D eigenvalue weighted by Crippen LogP contribution is 2.22. The monoisotopic (exact) mass is 323 g/mol. The quantitative estimate of drug-likeness (QED) is 0.779. The van der Waals surface area contributed by atoms with Crippen LogP contribution >= 0.6 is 0 Å². The lowest BCUT2D eigenvalue weighted by Crippen LogP contribution is -2.14. The van der Waals surface area contributed by atoms with Crippen LogP contribution < -0.4 is 4.72 Å². The minimum atomic E-state index is -3.75. The first kappa shape index (κ1) is 16.0. The minimum absolute atomic E-state index is 0.0503. The molecule has 0 aliphatic rings. The summed E-state index contributed by atoms with van der Waals surface area (Å²) in [6.07, 6.45) is 5.16. The lowest BCUT2D eigenvalue weighted by atomic mass is 10.2. The van der Waals surface area contributed by atoms with E-state index in [9.17, 15) is 8.42 Å². The number of anilines is 1. The number of hydrogen-bond donors (Lipinski definition) is 1. The van der Waals surface area contributed by atoms with E-state index in [0.29, 0.717) is 24.3 Å². The Balaban J connectivity index is 2.05. The molecule has 0 fully saturated rings. The molecule has 0 aliphatic heterocycles. The van der Waals surface area contributed by atoms with Gasteiger partial charge in [-0.3, -0.25) is 9.40 Å². The Morgan fingerprint density at radius 1 is 1.41 bits per heavy atom. The van der Waals surface area contributed by atoms with Crippen LogP contribution in [0.1, 0.15) is 30.7 Å². The Morgan fingerprint density at radius 3 is 2.82 bits per heavy atom. The van der Waals surface area contributed by atoms with E-state index in [-0.39, 0.29) is 10.7 Å². The van der Waals surface area contributed by atoms with Gasteiger partial charge in [0.05, 0.1) is 18.0 Å². The van der Waals surface area contributed by atoms with Gasteiger partial charge in [0.25, 0.3) is 10.0 Å². The molecule has 22 heavy (non-hydrogen) atoms. The third-order valence-electron chi connectivity index (χ3n) is 3.05. The van der Waals surface area contributed by atoms with Gasteiger partial charge < -0.3 is 4.52 Å². The molecule has 2 heterocycles. The van der Waals surface area contributed by atoms with Gasteiger partial charge in [0.15, 0.2) is 10.7 Å². The van der Waals surface area contributed by atoms with Gasteiger partial charge in [-0.1, -0.05) is 5.16 Å². The fourth-order valence-electron chi connectivity index (χ4n) is 2.08. The Kier molecular flexibility index (Phi) is 4.82. The highest BCUT2D eigenvalue weighted by molar-refractivity contribution is 7.92. The van der Waals surface area contributed by atoms with Crippen LogP contribution in [-0.4, -0.2) is 23.4 Å². The summed E-state index contributed by atoms with van der Waals surface area (Å²) in [6, 6.07) is 2.08. The number of nitriles is 1. The smallest absolute Gasteiger partial charge is 0.267 e. The maximum atomic E-state index is 12.3. The largest absolute Gasteiger partial charge is 0.360 e. The van der Waals surface area contributed by atoms with E-state index in [1.54, 1.807) is 24.7 Å². The summed E-state index contributed by atoms with van der Waals surface area (Å²) in [5.41, 5.74) is 0.689. The van der Waals surface area contributed by atoms with Crippen molar-refractivity contribution in [1.29, 1.82) is 5.26 Å². The van der Waals surface area contributed by atoms with Crippen LogP contribution in [0, 0.1) is 25.2 Å². The Morgan fingerprint density at radius 2 is 2.18 bits per heavy atom. The predicted octanol–water partition coefficient (Wildman–Crippen LogP) is 1.98. The van der Waals surface area contributed by atoms with Crippen molar-refractivity contribution in [2.45, 2.75) is 44.6 Å². The van der Waals surface area contributed by atoms with Gasteiger partial charge in [0, 0.05) is 19.2 Å². The summed E-state index contributed by atoms with van der Waals surface area (Å²) in [7, 11) is -3.75. The van der Waals surface area contributed by atoms with E-state index in [2.05, 4.69) is 21.0 Å². The van der Waals surface area contributed by atoms with Crippen molar-refractivity contribution < 1.29 is 12.9 Å². The fourth-order valence-corrected chi connectivity index (χ4v) is 3.44. The lowest BCUT2D eigenvalue weighted by Gasteiger charge is -2.04. The summed E-state index contributed by atoms with van der Waals surface area (Å²) >= 11 is 0. The lowest BCUT2D eigenvalue weighted by molar-refractivity contribution is 0.390. The molecule has 9 heteroatoms. The zero-order chi connectivity index (χ0) is 16.2. The number of aryl methyl sites for hydroxylation is 3. The molecule has 0 bridgehead atoms. The second-order valence-corrected chi connectivity index (χ2v) is 6.49. The summed E-state index contributed by atoms with van der Waals surface area (Å²) < 4.78 is 33.6. The van der Waals surface area contributed by atoms with Gasteiger partial charge in [-0.25, -0.2) is 8.42 Å². The van der Waals surface area contributed by atoms with Crippen molar-refractivity contribution in [3.8, 4) is 6.07 Å². The van der Waals surface area contributed by atoms with Crippen molar-refractivity contribution in [2.24, 2.45) is 0 Å². The molecule has 2 rings (SSSR count). The highest BCUT2D eigenvalue weighted by atomic mass is 32.2. The van der Waals surface area contributed by atoms with Crippen molar-refractivity contribution in [3.05, 3.63) is 23.8 Å². The van der Waals surface area contributed by atoms with E-state index in [1.807, 2.05) is 0 Å². The van der Waals surface area contributed by atoms with E-state index in [4.69, 9.17) is 9.78 Å². The van der Waals surface area contributed by atoms with E-state index >= 15 is 0 Å². The molecule has 0 aromatic carbocycles. The standard InChI is InChI=1S/C13H17N5O3S/c1-10-13(11(2)21-16-10)22(19,20)17-12-8-15-18(9-12)7-5-3-4-6-14/h8-9,17H,3-5,7H2,1-2H3. The normalized spacial score (nSPS) is 11.3. The predicted molar refractivity (Wildman–Crippen MR) is 78.5 cm³/mol. The van der Waals surface area contributed by atoms with Gasteiger partial charge in [-0.15, -0.1) is 0 Å². The van der Waals surface area contributed by atoms with Gasteiger partial charge in [-0.05, 0) is 26.7 Å². The maximum absolute atomic E-state index is 12.3. The van der Waals surface area contributed by atoms with E-state index in [1.165, 1.54) is 6.20 Å². The van der Waals surface area contributed by atoms with Crippen molar-refractivity contribution in [1.82, 2.24) is 14.9 Å². The van der Waals surface area contributed by atoms with Gasteiger partial charge >= 0.3 is 0 Å². The summed E-state index contributed by atoms with van der Waals surface area (Å²) in [5, 5.41) is 16.2. The van der Waals surface area contributed by atoms with Crippen LogP contribution in [0.2, 0.25) is 0 Å². The summed E-state index contributed by atoms with van der Waals surface area (Å²) in [6.45, 7) is 3.76. The topological polar surface area (TPSA) is 114 Å². The van der Waals surface area contributed by atoms with Crippen molar-refractivity contribution in [2.75, 3.05) is 4.72 Å². The Bertz CT molecular complexity index is 765. The number of hydrogen-bond acceptors (Lipinski definition) is 6. The molecule has 0 atom stereocenters. The average Bonchev–Trinajstić information content (AvgIpc) is 3.01. The third kappa shape index (κ3) is 3.65. The fraction of sp³-hybridized carbons (Fsp3) is 0.462. The highest BCUT2D eigenvalue weighted by Gasteiger charge is 2.24. The molecular formula is C13H17N5O3S. The zero-order valence-corrected chi connectivity index (χ0v) is 13.2. The minimum Gasteiger partial charge on any atom is -0.360 e. The number of rotatable bonds is 7. The van der Waals surface area contributed by atoms with Crippen molar-refractivity contribution in [3.63, 3.8) is 0 Å². The van der Waals surface area contributed by atoms with Gasteiger partial charge in [0.2, 0.25) is 0 Å². The number of aromatic nitrogens is 3. The second-order valence-electron chi connectivity index (χ2n) is 4.87. The first-order valence-electron chi connectivity index (χ1n) is 6.79. The number of sulfonamides is 1. The third-order valence-corrected chi connectivity index (χ3v) is 4.67. The molecule has 1 N–H and O–H groups in total.